The van der Waals surface area contributed by atoms with Crippen LogP contribution in [0.1, 0.15) is 24.8 Å². The lowest BCUT2D eigenvalue weighted by molar-refractivity contribution is -0.141. The number of aliphatic carboxylic acids is 1. The fourth-order valence-corrected chi connectivity index (χ4v) is 1.97. The van der Waals surface area contributed by atoms with E-state index in [1.807, 2.05) is 0 Å². The van der Waals surface area contributed by atoms with Crippen LogP contribution in [0.4, 0.5) is 4.39 Å². The lowest BCUT2D eigenvalue weighted by Gasteiger charge is -2.11. The van der Waals surface area contributed by atoms with E-state index >= 15 is 0 Å². The summed E-state index contributed by atoms with van der Waals surface area (Å²) < 4.78 is 18.4. The van der Waals surface area contributed by atoms with E-state index in [4.69, 9.17) is 9.84 Å². The number of halogens is 1. The van der Waals surface area contributed by atoms with Gasteiger partial charge in [-0.3, -0.25) is 4.79 Å². The molecule has 0 radical (unpaired) electrons. The average molecular weight is 224 g/mol. The summed E-state index contributed by atoms with van der Waals surface area (Å²) in [6.07, 6.45) is 0.478. The van der Waals surface area contributed by atoms with Crippen molar-refractivity contribution in [3.05, 3.63) is 29.6 Å². The molecule has 16 heavy (non-hydrogen) atoms. The quantitative estimate of drug-likeness (QED) is 0.857. The average Bonchev–Trinajstić information content (AvgIpc) is 2.61. The van der Waals surface area contributed by atoms with E-state index in [0.29, 0.717) is 18.8 Å². The number of carboxylic acids is 1. The molecule has 0 spiro atoms. The number of ether oxygens (including phenoxy) is 1. The van der Waals surface area contributed by atoms with Gasteiger partial charge in [-0.15, -0.1) is 0 Å². The molecular weight excluding hydrogens is 211 g/mol. The summed E-state index contributed by atoms with van der Waals surface area (Å²) in [5, 5.41) is 8.83. The Balaban J connectivity index is 2.17. The molecule has 0 saturated carbocycles. The highest BCUT2D eigenvalue weighted by molar-refractivity contribution is 5.69. The van der Waals surface area contributed by atoms with Gasteiger partial charge in [0.1, 0.15) is 11.6 Å². The number of benzene rings is 1. The number of hydrogen-bond acceptors (Lipinski definition) is 2. The molecule has 3 nitrogen and oxygen atoms in total. The smallest absolute Gasteiger partial charge is 0.306 e. The van der Waals surface area contributed by atoms with E-state index in [9.17, 15) is 9.18 Å². The second kappa shape index (κ2) is 4.12. The molecule has 1 aromatic carbocycles. The molecule has 86 valence electrons. The monoisotopic (exact) mass is 224 g/mol. The number of rotatable bonds is 3. The van der Waals surface area contributed by atoms with Gasteiger partial charge in [0.25, 0.3) is 0 Å². The fraction of sp³-hybridized carbons (Fsp3) is 0.417. The Hall–Kier alpha value is -1.58. The molecule has 0 saturated heterocycles. The van der Waals surface area contributed by atoms with Crippen molar-refractivity contribution >= 4 is 5.97 Å². The fourth-order valence-electron chi connectivity index (χ4n) is 1.97. The van der Waals surface area contributed by atoms with Crippen molar-refractivity contribution in [1.82, 2.24) is 0 Å². The molecule has 1 aliphatic rings. The Bertz CT molecular complexity index is 417. The van der Waals surface area contributed by atoms with Crippen molar-refractivity contribution in [2.75, 3.05) is 6.61 Å². The highest BCUT2D eigenvalue weighted by atomic mass is 19.1. The molecular formula is C12H13FO3. The molecule has 0 bridgehead atoms. The summed E-state index contributed by atoms with van der Waals surface area (Å²) in [5.74, 6) is -0.925. The van der Waals surface area contributed by atoms with Crippen molar-refractivity contribution in [3.63, 3.8) is 0 Å². The minimum Gasteiger partial charge on any atom is -0.493 e. The predicted molar refractivity (Wildman–Crippen MR) is 56.1 cm³/mol. The van der Waals surface area contributed by atoms with E-state index in [-0.39, 0.29) is 11.7 Å². The SMILES string of the molecule is CC(CC1COc2ccc(F)cc21)C(=O)O. The first kappa shape index (κ1) is 10.9. The van der Waals surface area contributed by atoms with Crippen molar-refractivity contribution < 1.29 is 19.0 Å². The van der Waals surface area contributed by atoms with E-state index in [2.05, 4.69) is 0 Å². The standard InChI is InChI=1S/C12H13FO3/c1-7(12(14)15)4-8-6-16-11-3-2-9(13)5-10(8)11/h2-3,5,7-8H,4,6H2,1H3,(H,14,15). The summed E-state index contributed by atoms with van der Waals surface area (Å²) in [4.78, 5) is 10.8. The van der Waals surface area contributed by atoms with Gasteiger partial charge < -0.3 is 9.84 Å². The summed E-state index contributed by atoms with van der Waals surface area (Å²) in [5.41, 5.74) is 0.785. The predicted octanol–water partition coefficient (Wildman–Crippen LogP) is 2.41. The largest absolute Gasteiger partial charge is 0.493 e. The first-order valence-corrected chi connectivity index (χ1v) is 5.23. The van der Waals surface area contributed by atoms with E-state index in [0.717, 1.165) is 5.56 Å². The third-order valence-corrected chi connectivity index (χ3v) is 2.91. The van der Waals surface area contributed by atoms with Gasteiger partial charge in [-0.2, -0.15) is 0 Å². The normalized spacial score (nSPS) is 20.0. The molecule has 2 atom stereocenters. The van der Waals surface area contributed by atoms with Crippen LogP contribution in [0.3, 0.4) is 0 Å². The lowest BCUT2D eigenvalue weighted by Crippen LogP contribution is -2.14. The first-order chi connectivity index (χ1) is 7.58. The zero-order chi connectivity index (χ0) is 11.7. The third kappa shape index (κ3) is 2.01. The molecule has 2 rings (SSSR count). The molecule has 0 aromatic heterocycles. The maximum Gasteiger partial charge on any atom is 0.306 e. The topological polar surface area (TPSA) is 46.5 Å². The van der Waals surface area contributed by atoms with Crippen LogP contribution < -0.4 is 4.74 Å². The molecule has 1 heterocycles. The Morgan fingerprint density at radius 2 is 2.44 bits per heavy atom. The van der Waals surface area contributed by atoms with Gasteiger partial charge in [0.2, 0.25) is 0 Å². The Morgan fingerprint density at radius 3 is 3.12 bits per heavy atom. The lowest BCUT2D eigenvalue weighted by atomic mass is 9.91. The number of carbonyl (C=O) groups is 1. The molecule has 0 amide bonds. The van der Waals surface area contributed by atoms with Crippen molar-refractivity contribution in [1.29, 1.82) is 0 Å². The zero-order valence-electron chi connectivity index (χ0n) is 8.94. The second-order valence-corrected chi connectivity index (χ2v) is 4.17. The van der Waals surface area contributed by atoms with Crippen LogP contribution in [0.25, 0.3) is 0 Å². The van der Waals surface area contributed by atoms with Gasteiger partial charge in [0.15, 0.2) is 0 Å². The van der Waals surface area contributed by atoms with Gasteiger partial charge >= 0.3 is 5.97 Å². The van der Waals surface area contributed by atoms with Crippen LogP contribution in [-0.2, 0) is 4.79 Å². The van der Waals surface area contributed by atoms with E-state index in [1.54, 1.807) is 13.0 Å². The zero-order valence-corrected chi connectivity index (χ0v) is 8.94. The highest BCUT2D eigenvalue weighted by Crippen LogP contribution is 2.37. The first-order valence-electron chi connectivity index (χ1n) is 5.23. The van der Waals surface area contributed by atoms with Crippen molar-refractivity contribution in [2.24, 2.45) is 5.92 Å². The Morgan fingerprint density at radius 1 is 1.69 bits per heavy atom. The van der Waals surface area contributed by atoms with Crippen LogP contribution in [0.15, 0.2) is 18.2 Å². The summed E-state index contributed by atoms with van der Waals surface area (Å²) in [6, 6.07) is 4.37. The minimum absolute atomic E-state index is 0.0169. The van der Waals surface area contributed by atoms with E-state index in [1.165, 1.54) is 12.1 Å². The van der Waals surface area contributed by atoms with Crippen LogP contribution in [0.2, 0.25) is 0 Å². The summed E-state index contributed by atoms with van der Waals surface area (Å²) >= 11 is 0. The van der Waals surface area contributed by atoms with Crippen molar-refractivity contribution in [2.45, 2.75) is 19.3 Å². The van der Waals surface area contributed by atoms with Crippen LogP contribution in [-0.4, -0.2) is 17.7 Å². The van der Waals surface area contributed by atoms with E-state index < -0.39 is 11.9 Å². The van der Waals surface area contributed by atoms with Gasteiger partial charge in [0.05, 0.1) is 12.5 Å². The summed E-state index contributed by atoms with van der Waals surface area (Å²) in [6.45, 7) is 2.09. The van der Waals surface area contributed by atoms with Gasteiger partial charge in [-0.25, -0.2) is 4.39 Å². The maximum absolute atomic E-state index is 13.1. The van der Waals surface area contributed by atoms with Crippen LogP contribution in [0.5, 0.6) is 5.75 Å². The molecule has 0 aliphatic carbocycles. The molecule has 1 aromatic rings. The third-order valence-electron chi connectivity index (χ3n) is 2.91. The number of hydrogen-bond donors (Lipinski definition) is 1. The van der Waals surface area contributed by atoms with Gasteiger partial charge in [0, 0.05) is 11.5 Å². The summed E-state index contributed by atoms with van der Waals surface area (Å²) in [7, 11) is 0. The van der Waals surface area contributed by atoms with Crippen LogP contribution >= 0.6 is 0 Å². The minimum atomic E-state index is -0.829. The maximum atomic E-state index is 13.1. The number of carboxylic acid groups (broad SMARTS) is 1. The van der Waals surface area contributed by atoms with Crippen molar-refractivity contribution in [3.8, 4) is 5.75 Å². The Kier molecular flexibility index (Phi) is 2.81. The molecule has 4 heteroatoms. The molecule has 0 fully saturated rings. The number of fused-ring (bicyclic) bond motifs is 1. The Labute approximate surface area is 92.9 Å². The second-order valence-electron chi connectivity index (χ2n) is 4.17. The van der Waals surface area contributed by atoms with Crippen LogP contribution in [0, 0.1) is 11.7 Å². The highest BCUT2D eigenvalue weighted by Gasteiger charge is 2.28. The molecule has 2 unspecified atom stereocenters. The molecule has 1 N–H and O–H groups in total. The molecule has 1 aliphatic heterocycles. The van der Waals surface area contributed by atoms with Gasteiger partial charge in [-0.05, 0) is 24.6 Å². The van der Waals surface area contributed by atoms with Gasteiger partial charge in [-0.1, -0.05) is 6.92 Å².